The van der Waals surface area contributed by atoms with Gasteiger partial charge in [0.15, 0.2) is 5.60 Å². The summed E-state index contributed by atoms with van der Waals surface area (Å²) in [6.45, 7) is 3.40. The first-order valence-corrected chi connectivity index (χ1v) is 8.91. The number of nitrogens with zero attached hydrogens (tertiary/aromatic N) is 1. The van der Waals surface area contributed by atoms with Crippen LogP contribution in [0.15, 0.2) is 24.3 Å². The molecule has 0 saturated heterocycles. The van der Waals surface area contributed by atoms with Crippen molar-refractivity contribution in [2.45, 2.75) is 38.7 Å². The summed E-state index contributed by atoms with van der Waals surface area (Å²) in [5.41, 5.74) is 0.618. The summed E-state index contributed by atoms with van der Waals surface area (Å²) in [6, 6.07) is 9.09. The van der Waals surface area contributed by atoms with Crippen molar-refractivity contribution in [3.63, 3.8) is 0 Å². The number of thiophene rings is 1. The van der Waals surface area contributed by atoms with Gasteiger partial charge in [0.05, 0.1) is 5.56 Å². The number of nitriles is 1. The van der Waals surface area contributed by atoms with Crippen molar-refractivity contribution in [3.05, 3.63) is 45.3 Å². The maximum Gasteiger partial charge on any atom is 0.268 e. The normalized spacial score (nSPS) is 13.2. The Labute approximate surface area is 150 Å². The molecule has 6 heteroatoms. The topological polar surface area (TPSA) is 62.1 Å². The average Bonchev–Trinajstić information content (AvgIpc) is 3.09. The van der Waals surface area contributed by atoms with Gasteiger partial charge in [-0.2, -0.15) is 5.26 Å². The summed E-state index contributed by atoms with van der Waals surface area (Å²) in [5.74, 6) is 0.280. The highest BCUT2D eigenvalue weighted by Gasteiger charge is 2.32. The molecule has 3 rings (SSSR count). The maximum atomic E-state index is 12.6. The highest BCUT2D eigenvalue weighted by molar-refractivity contribution is 7.16. The van der Waals surface area contributed by atoms with Gasteiger partial charge >= 0.3 is 0 Å². The van der Waals surface area contributed by atoms with Gasteiger partial charge in [-0.15, -0.1) is 11.3 Å². The summed E-state index contributed by atoms with van der Waals surface area (Å²) in [6.07, 6.45) is 2.97. The lowest BCUT2D eigenvalue weighted by atomic mass is 10.1. The fourth-order valence-corrected chi connectivity index (χ4v) is 4.07. The third-order valence-electron chi connectivity index (χ3n) is 3.99. The van der Waals surface area contributed by atoms with E-state index in [-0.39, 0.29) is 5.91 Å². The highest BCUT2D eigenvalue weighted by atomic mass is 35.5. The van der Waals surface area contributed by atoms with Crippen LogP contribution in [0.5, 0.6) is 5.75 Å². The predicted molar refractivity (Wildman–Crippen MR) is 95.8 cm³/mol. The van der Waals surface area contributed by atoms with Crippen LogP contribution in [0, 0.1) is 11.3 Å². The Morgan fingerprint density at radius 3 is 2.71 bits per heavy atom. The second kappa shape index (κ2) is 6.46. The van der Waals surface area contributed by atoms with Gasteiger partial charge in [-0.05, 0) is 62.9 Å². The number of rotatable bonds is 4. The van der Waals surface area contributed by atoms with E-state index in [4.69, 9.17) is 16.3 Å². The standard InChI is InChI=1S/C18H17ClN2O2S/c1-18(2,23-12-8-6-11(19)7-9-12)17(22)21-16-14(10-20)13-4-3-5-15(13)24-16/h6-9H,3-5H2,1-2H3,(H,21,22). The van der Waals surface area contributed by atoms with Crippen LogP contribution in [0.3, 0.4) is 0 Å². The van der Waals surface area contributed by atoms with E-state index in [1.54, 1.807) is 38.1 Å². The molecule has 0 radical (unpaired) electrons. The zero-order valence-electron chi connectivity index (χ0n) is 13.5. The SMILES string of the molecule is CC(C)(Oc1ccc(Cl)cc1)C(=O)Nc1sc2c(c1C#N)CCC2. The molecule has 0 aliphatic heterocycles. The van der Waals surface area contributed by atoms with Crippen LogP contribution in [-0.2, 0) is 17.6 Å². The van der Waals surface area contributed by atoms with Crippen LogP contribution < -0.4 is 10.1 Å². The third-order valence-corrected chi connectivity index (χ3v) is 5.45. The van der Waals surface area contributed by atoms with Gasteiger partial charge in [0.2, 0.25) is 0 Å². The van der Waals surface area contributed by atoms with E-state index >= 15 is 0 Å². The van der Waals surface area contributed by atoms with Crippen molar-refractivity contribution in [1.29, 1.82) is 5.26 Å². The number of fused-ring (bicyclic) bond motifs is 1. The monoisotopic (exact) mass is 360 g/mol. The summed E-state index contributed by atoms with van der Waals surface area (Å²) >= 11 is 7.36. The quantitative estimate of drug-likeness (QED) is 0.869. The fraction of sp³-hybridized carbons (Fsp3) is 0.333. The Balaban J connectivity index is 1.76. The predicted octanol–water partition coefficient (Wildman–Crippen LogP) is 4.56. The van der Waals surface area contributed by atoms with E-state index < -0.39 is 5.60 Å². The minimum atomic E-state index is -1.07. The highest BCUT2D eigenvalue weighted by Crippen LogP contribution is 2.39. The molecule has 0 fully saturated rings. The van der Waals surface area contributed by atoms with Gasteiger partial charge in [0.25, 0.3) is 5.91 Å². The Morgan fingerprint density at radius 1 is 1.33 bits per heavy atom. The van der Waals surface area contributed by atoms with Crippen molar-refractivity contribution in [2.75, 3.05) is 5.32 Å². The van der Waals surface area contributed by atoms with Crippen LogP contribution in [-0.4, -0.2) is 11.5 Å². The second-order valence-corrected chi connectivity index (χ2v) is 7.74. The first-order valence-electron chi connectivity index (χ1n) is 7.71. The molecule has 0 saturated carbocycles. The Bertz CT molecular complexity index is 819. The molecule has 1 aromatic carbocycles. The summed E-state index contributed by atoms with van der Waals surface area (Å²) in [5, 5.41) is 13.5. The number of carbonyl (C=O) groups excluding carboxylic acids is 1. The van der Waals surface area contributed by atoms with Crippen LogP contribution in [0.4, 0.5) is 5.00 Å². The number of hydrogen-bond donors (Lipinski definition) is 1. The maximum absolute atomic E-state index is 12.6. The van der Waals surface area contributed by atoms with Crippen molar-refractivity contribution >= 4 is 33.8 Å². The molecule has 0 bridgehead atoms. The zero-order valence-corrected chi connectivity index (χ0v) is 15.1. The van der Waals surface area contributed by atoms with E-state index in [1.807, 2.05) is 0 Å². The molecule has 1 aliphatic rings. The van der Waals surface area contributed by atoms with Gasteiger partial charge in [0.1, 0.15) is 16.8 Å². The molecule has 1 aromatic heterocycles. The summed E-state index contributed by atoms with van der Waals surface area (Å²) in [4.78, 5) is 13.8. The van der Waals surface area contributed by atoms with Gasteiger partial charge < -0.3 is 10.1 Å². The lowest BCUT2D eigenvalue weighted by molar-refractivity contribution is -0.128. The first kappa shape index (κ1) is 16.8. The number of benzene rings is 1. The molecule has 124 valence electrons. The molecule has 1 heterocycles. The molecule has 1 aliphatic carbocycles. The lowest BCUT2D eigenvalue weighted by Crippen LogP contribution is -2.42. The Hall–Kier alpha value is -2.03. The summed E-state index contributed by atoms with van der Waals surface area (Å²) < 4.78 is 5.79. The van der Waals surface area contributed by atoms with Gasteiger partial charge in [-0.1, -0.05) is 11.6 Å². The first-order chi connectivity index (χ1) is 11.4. The van der Waals surface area contributed by atoms with E-state index in [2.05, 4.69) is 11.4 Å². The Kier molecular flexibility index (Phi) is 4.53. The largest absolute Gasteiger partial charge is 0.478 e. The minimum absolute atomic E-state index is 0.283. The molecule has 1 amide bonds. The van der Waals surface area contributed by atoms with Crippen molar-refractivity contribution < 1.29 is 9.53 Å². The van der Waals surface area contributed by atoms with E-state index in [1.165, 1.54) is 16.2 Å². The molecule has 1 N–H and O–H groups in total. The number of aryl methyl sites for hydroxylation is 1. The number of anilines is 1. The molecule has 0 spiro atoms. The lowest BCUT2D eigenvalue weighted by Gasteiger charge is -2.25. The van der Waals surface area contributed by atoms with Crippen LogP contribution in [0.25, 0.3) is 0 Å². The van der Waals surface area contributed by atoms with E-state index in [9.17, 15) is 10.1 Å². The molecular weight excluding hydrogens is 344 g/mol. The van der Waals surface area contributed by atoms with Crippen molar-refractivity contribution in [2.24, 2.45) is 0 Å². The number of halogens is 1. The molecule has 2 aromatic rings. The Morgan fingerprint density at radius 2 is 2.04 bits per heavy atom. The molecule has 0 unspecified atom stereocenters. The summed E-state index contributed by atoms with van der Waals surface area (Å²) in [7, 11) is 0. The van der Waals surface area contributed by atoms with Crippen molar-refractivity contribution in [3.8, 4) is 11.8 Å². The third kappa shape index (κ3) is 3.26. The molecule has 4 nitrogen and oxygen atoms in total. The van der Waals surface area contributed by atoms with Crippen LogP contribution >= 0.6 is 22.9 Å². The second-order valence-electron chi connectivity index (χ2n) is 6.19. The average molecular weight is 361 g/mol. The van der Waals surface area contributed by atoms with Gasteiger partial charge in [0, 0.05) is 9.90 Å². The van der Waals surface area contributed by atoms with Crippen LogP contribution in [0.1, 0.15) is 36.3 Å². The number of hydrogen-bond acceptors (Lipinski definition) is 4. The number of carbonyl (C=O) groups is 1. The van der Waals surface area contributed by atoms with Crippen molar-refractivity contribution in [1.82, 2.24) is 0 Å². The molecular formula is C18H17ClN2O2S. The van der Waals surface area contributed by atoms with Crippen LogP contribution in [0.2, 0.25) is 5.02 Å². The molecule has 0 atom stereocenters. The smallest absolute Gasteiger partial charge is 0.268 e. The van der Waals surface area contributed by atoms with E-state index in [0.717, 1.165) is 24.8 Å². The minimum Gasteiger partial charge on any atom is -0.478 e. The number of ether oxygens (including phenoxy) is 1. The molecule has 24 heavy (non-hydrogen) atoms. The van der Waals surface area contributed by atoms with E-state index in [0.29, 0.717) is 21.3 Å². The fourth-order valence-electron chi connectivity index (χ4n) is 2.71. The van der Waals surface area contributed by atoms with Gasteiger partial charge in [-0.25, -0.2) is 0 Å². The van der Waals surface area contributed by atoms with Gasteiger partial charge in [-0.3, -0.25) is 4.79 Å². The number of amides is 1. The zero-order chi connectivity index (χ0) is 17.3. The number of nitrogens with one attached hydrogen (secondary N) is 1.